The summed E-state index contributed by atoms with van der Waals surface area (Å²) < 4.78 is 0. The predicted molar refractivity (Wildman–Crippen MR) is 74.7 cm³/mol. The molecule has 0 aromatic heterocycles. The van der Waals surface area contributed by atoms with Crippen LogP contribution in [0.3, 0.4) is 0 Å². The van der Waals surface area contributed by atoms with E-state index in [2.05, 4.69) is 5.32 Å². The summed E-state index contributed by atoms with van der Waals surface area (Å²) >= 11 is 0. The molecule has 0 bridgehead atoms. The van der Waals surface area contributed by atoms with Crippen molar-refractivity contribution in [1.82, 2.24) is 0 Å². The highest BCUT2D eigenvalue weighted by molar-refractivity contribution is 6.07. The molecule has 0 heterocycles. The number of para-hydroxylation sites is 1. The van der Waals surface area contributed by atoms with Crippen molar-refractivity contribution in [3.05, 3.63) is 59.2 Å². The monoisotopic (exact) mass is 240 g/mol. The Bertz CT molecular complexity index is 571. The van der Waals surface area contributed by atoms with Crippen LogP contribution >= 0.6 is 0 Å². The van der Waals surface area contributed by atoms with Crippen LogP contribution in [-0.2, 0) is 0 Å². The van der Waals surface area contributed by atoms with Gasteiger partial charge in [-0.1, -0.05) is 30.3 Å². The van der Waals surface area contributed by atoms with Crippen molar-refractivity contribution in [3.63, 3.8) is 0 Å². The smallest absolute Gasteiger partial charge is 0.255 e. The zero-order chi connectivity index (χ0) is 13.1. The minimum Gasteiger partial charge on any atom is -0.397 e. The maximum absolute atomic E-state index is 12.2. The summed E-state index contributed by atoms with van der Waals surface area (Å²) in [5, 5.41) is 2.87. The molecule has 0 saturated carbocycles. The molecule has 0 atom stereocenters. The molecular weight excluding hydrogens is 224 g/mol. The van der Waals surface area contributed by atoms with Gasteiger partial charge in [-0.15, -0.1) is 0 Å². The first-order chi connectivity index (χ1) is 8.59. The van der Waals surface area contributed by atoms with Gasteiger partial charge >= 0.3 is 0 Å². The number of nitrogen functional groups attached to an aromatic ring is 1. The molecule has 0 aliphatic rings. The molecule has 0 radical (unpaired) electrons. The number of hydrogen-bond acceptors (Lipinski definition) is 2. The average Bonchev–Trinajstić information content (AvgIpc) is 2.34. The maximum atomic E-state index is 12.2. The fourth-order valence-corrected chi connectivity index (χ4v) is 1.87. The van der Waals surface area contributed by atoms with Gasteiger partial charge in [0.2, 0.25) is 0 Å². The zero-order valence-corrected chi connectivity index (χ0v) is 10.5. The van der Waals surface area contributed by atoms with Crippen LogP contribution in [0.25, 0.3) is 0 Å². The van der Waals surface area contributed by atoms with E-state index < -0.39 is 0 Å². The highest BCUT2D eigenvalue weighted by Crippen LogP contribution is 2.23. The van der Waals surface area contributed by atoms with E-state index in [1.54, 1.807) is 12.1 Å². The molecule has 2 aromatic rings. The third kappa shape index (κ3) is 2.35. The van der Waals surface area contributed by atoms with Crippen molar-refractivity contribution >= 4 is 17.3 Å². The number of amides is 1. The molecule has 2 aromatic carbocycles. The van der Waals surface area contributed by atoms with Gasteiger partial charge in [0.25, 0.3) is 5.91 Å². The van der Waals surface area contributed by atoms with E-state index >= 15 is 0 Å². The van der Waals surface area contributed by atoms with Crippen LogP contribution in [0.4, 0.5) is 11.4 Å². The topological polar surface area (TPSA) is 55.1 Å². The SMILES string of the molecule is Cc1ccccc1C(=O)Nc1c(C)cccc1N. The van der Waals surface area contributed by atoms with Gasteiger partial charge in [-0.25, -0.2) is 0 Å². The van der Waals surface area contributed by atoms with Gasteiger partial charge in [0.05, 0.1) is 11.4 Å². The van der Waals surface area contributed by atoms with E-state index in [0.717, 1.165) is 11.1 Å². The predicted octanol–water partition coefficient (Wildman–Crippen LogP) is 3.14. The van der Waals surface area contributed by atoms with Crippen molar-refractivity contribution in [3.8, 4) is 0 Å². The van der Waals surface area contributed by atoms with Crippen LogP contribution in [0.5, 0.6) is 0 Å². The summed E-state index contributed by atoms with van der Waals surface area (Å²) in [4.78, 5) is 12.2. The van der Waals surface area contributed by atoms with Crippen LogP contribution in [0.15, 0.2) is 42.5 Å². The molecule has 0 unspecified atom stereocenters. The summed E-state index contributed by atoms with van der Waals surface area (Å²) in [6.45, 7) is 3.83. The highest BCUT2D eigenvalue weighted by atomic mass is 16.1. The van der Waals surface area contributed by atoms with Crippen molar-refractivity contribution in [2.24, 2.45) is 0 Å². The lowest BCUT2D eigenvalue weighted by Gasteiger charge is -2.12. The van der Waals surface area contributed by atoms with Crippen molar-refractivity contribution in [2.75, 3.05) is 11.1 Å². The molecule has 1 amide bonds. The molecule has 0 aliphatic carbocycles. The Hall–Kier alpha value is -2.29. The standard InChI is InChI=1S/C15H16N2O/c1-10-6-3-4-8-12(10)15(18)17-14-11(2)7-5-9-13(14)16/h3-9H,16H2,1-2H3,(H,17,18). The number of rotatable bonds is 2. The third-order valence-electron chi connectivity index (χ3n) is 2.93. The Labute approximate surface area is 107 Å². The van der Waals surface area contributed by atoms with Crippen molar-refractivity contribution in [1.29, 1.82) is 0 Å². The van der Waals surface area contributed by atoms with Gasteiger partial charge in [0.1, 0.15) is 0 Å². The first kappa shape index (κ1) is 12.2. The molecule has 3 N–H and O–H groups in total. The Morgan fingerprint density at radius 2 is 1.67 bits per heavy atom. The van der Waals surface area contributed by atoms with E-state index in [1.807, 2.05) is 44.2 Å². The first-order valence-corrected chi connectivity index (χ1v) is 5.81. The number of carbonyl (C=O) groups is 1. The average molecular weight is 240 g/mol. The molecule has 18 heavy (non-hydrogen) atoms. The van der Waals surface area contributed by atoms with Gasteiger partial charge < -0.3 is 11.1 Å². The Morgan fingerprint density at radius 3 is 2.33 bits per heavy atom. The minimum absolute atomic E-state index is 0.130. The fraction of sp³-hybridized carbons (Fsp3) is 0.133. The normalized spacial score (nSPS) is 10.1. The third-order valence-corrected chi connectivity index (χ3v) is 2.93. The maximum Gasteiger partial charge on any atom is 0.255 e. The number of benzene rings is 2. The van der Waals surface area contributed by atoms with E-state index in [4.69, 9.17) is 5.73 Å². The van der Waals surface area contributed by atoms with E-state index in [9.17, 15) is 4.79 Å². The second-order valence-electron chi connectivity index (χ2n) is 4.31. The molecule has 92 valence electrons. The van der Waals surface area contributed by atoms with Crippen LogP contribution in [0, 0.1) is 13.8 Å². The summed E-state index contributed by atoms with van der Waals surface area (Å²) in [6.07, 6.45) is 0. The van der Waals surface area contributed by atoms with Crippen LogP contribution in [-0.4, -0.2) is 5.91 Å². The Morgan fingerprint density at radius 1 is 1.00 bits per heavy atom. The number of hydrogen-bond donors (Lipinski definition) is 2. The molecule has 0 spiro atoms. The Kier molecular flexibility index (Phi) is 3.33. The number of carbonyl (C=O) groups excluding carboxylic acids is 1. The number of anilines is 2. The second kappa shape index (κ2) is 4.92. The quantitative estimate of drug-likeness (QED) is 0.792. The lowest BCUT2D eigenvalue weighted by Crippen LogP contribution is -2.15. The van der Waals surface area contributed by atoms with Gasteiger partial charge in [-0.05, 0) is 37.1 Å². The van der Waals surface area contributed by atoms with Crippen LogP contribution in [0.2, 0.25) is 0 Å². The molecule has 3 nitrogen and oxygen atoms in total. The minimum atomic E-state index is -0.130. The van der Waals surface area contributed by atoms with Crippen LogP contribution in [0.1, 0.15) is 21.5 Å². The van der Waals surface area contributed by atoms with Gasteiger partial charge in [0, 0.05) is 5.56 Å². The fourth-order valence-electron chi connectivity index (χ4n) is 1.87. The van der Waals surface area contributed by atoms with Gasteiger partial charge in [-0.2, -0.15) is 0 Å². The van der Waals surface area contributed by atoms with Crippen molar-refractivity contribution < 1.29 is 4.79 Å². The highest BCUT2D eigenvalue weighted by Gasteiger charge is 2.11. The summed E-state index contributed by atoms with van der Waals surface area (Å²) in [5.41, 5.74) is 9.71. The largest absolute Gasteiger partial charge is 0.397 e. The van der Waals surface area contributed by atoms with E-state index in [0.29, 0.717) is 16.9 Å². The molecule has 2 rings (SSSR count). The number of nitrogens with two attached hydrogens (primary N) is 1. The van der Waals surface area contributed by atoms with E-state index in [1.165, 1.54) is 0 Å². The summed E-state index contributed by atoms with van der Waals surface area (Å²) in [7, 11) is 0. The van der Waals surface area contributed by atoms with Gasteiger partial charge in [-0.3, -0.25) is 4.79 Å². The number of nitrogens with one attached hydrogen (secondary N) is 1. The Balaban J connectivity index is 2.30. The molecule has 0 fully saturated rings. The summed E-state index contributed by atoms with van der Waals surface area (Å²) in [5.74, 6) is -0.130. The van der Waals surface area contributed by atoms with Crippen molar-refractivity contribution in [2.45, 2.75) is 13.8 Å². The summed E-state index contributed by atoms with van der Waals surface area (Å²) in [6, 6.07) is 13.0. The lowest BCUT2D eigenvalue weighted by molar-refractivity contribution is 0.102. The van der Waals surface area contributed by atoms with Gasteiger partial charge in [0.15, 0.2) is 0 Å². The molecule has 0 saturated heterocycles. The molecule has 0 aliphatic heterocycles. The molecule has 3 heteroatoms. The zero-order valence-electron chi connectivity index (χ0n) is 10.5. The van der Waals surface area contributed by atoms with E-state index in [-0.39, 0.29) is 5.91 Å². The first-order valence-electron chi connectivity index (χ1n) is 5.81. The second-order valence-corrected chi connectivity index (χ2v) is 4.31. The number of aryl methyl sites for hydroxylation is 2. The molecular formula is C15H16N2O. The van der Waals surface area contributed by atoms with Crippen LogP contribution < -0.4 is 11.1 Å². The lowest BCUT2D eigenvalue weighted by atomic mass is 10.1.